The second-order valence-electron chi connectivity index (χ2n) is 4.54. The Hall–Kier alpha value is -1.69. The van der Waals surface area contributed by atoms with Crippen molar-refractivity contribution in [3.8, 4) is 0 Å². The van der Waals surface area contributed by atoms with Gasteiger partial charge in [0, 0.05) is 31.7 Å². The Morgan fingerprint density at radius 2 is 2.28 bits per heavy atom. The van der Waals surface area contributed by atoms with Crippen molar-refractivity contribution in [2.24, 2.45) is 0 Å². The first kappa shape index (κ1) is 12.8. The zero-order chi connectivity index (χ0) is 13.0. The molecule has 0 aliphatic heterocycles. The van der Waals surface area contributed by atoms with Crippen molar-refractivity contribution in [1.82, 2.24) is 25.2 Å². The van der Waals surface area contributed by atoms with Crippen LogP contribution in [0, 0.1) is 6.92 Å². The fourth-order valence-corrected chi connectivity index (χ4v) is 1.61. The Morgan fingerprint density at radius 3 is 2.89 bits per heavy atom. The maximum absolute atomic E-state index is 5.03. The summed E-state index contributed by atoms with van der Waals surface area (Å²) in [5, 5.41) is 11.5. The predicted octanol–water partition coefficient (Wildman–Crippen LogP) is 1.49. The van der Waals surface area contributed by atoms with Crippen molar-refractivity contribution in [2.75, 3.05) is 6.54 Å². The van der Waals surface area contributed by atoms with Crippen LogP contribution in [-0.2, 0) is 13.0 Å². The largest absolute Gasteiger partial charge is 0.339 e. The van der Waals surface area contributed by atoms with Crippen LogP contribution in [-0.4, -0.2) is 26.5 Å². The molecule has 18 heavy (non-hydrogen) atoms. The zero-order valence-electron chi connectivity index (χ0n) is 11.1. The van der Waals surface area contributed by atoms with Crippen LogP contribution in [0.15, 0.2) is 16.8 Å². The van der Waals surface area contributed by atoms with Crippen LogP contribution in [0.2, 0.25) is 0 Å². The maximum atomic E-state index is 5.03. The SMILES string of the molecule is Cc1noc(CCNCc2ccn(C(C)C)n2)n1. The minimum absolute atomic E-state index is 0.403. The molecule has 0 amide bonds. The fraction of sp³-hybridized carbons (Fsp3) is 0.583. The van der Waals surface area contributed by atoms with Gasteiger partial charge in [-0.3, -0.25) is 4.68 Å². The summed E-state index contributed by atoms with van der Waals surface area (Å²) in [5.41, 5.74) is 1.05. The summed E-state index contributed by atoms with van der Waals surface area (Å²) in [6.07, 6.45) is 2.74. The van der Waals surface area contributed by atoms with Crippen LogP contribution in [0.25, 0.3) is 0 Å². The Morgan fingerprint density at radius 1 is 1.44 bits per heavy atom. The lowest BCUT2D eigenvalue weighted by molar-refractivity contribution is 0.372. The van der Waals surface area contributed by atoms with Gasteiger partial charge in [0.1, 0.15) is 0 Å². The molecule has 2 heterocycles. The van der Waals surface area contributed by atoms with Crippen molar-refractivity contribution in [1.29, 1.82) is 0 Å². The van der Waals surface area contributed by atoms with Gasteiger partial charge in [0.2, 0.25) is 5.89 Å². The van der Waals surface area contributed by atoms with Gasteiger partial charge in [-0.05, 0) is 26.8 Å². The molecular formula is C12H19N5O. The standard InChI is InChI=1S/C12H19N5O/c1-9(2)17-7-5-11(15-17)8-13-6-4-12-14-10(3)16-18-12/h5,7,9,13H,4,6,8H2,1-3H3. The molecule has 1 N–H and O–H groups in total. The molecule has 2 aromatic rings. The van der Waals surface area contributed by atoms with E-state index in [1.807, 2.05) is 23.9 Å². The summed E-state index contributed by atoms with van der Waals surface area (Å²) in [6.45, 7) is 7.60. The van der Waals surface area contributed by atoms with Crippen molar-refractivity contribution in [2.45, 2.75) is 39.8 Å². The van der Waals surface area contributed by atoms with E-state index in [1.165, 1.54) is 0 Å². The number of hydrogen-bond acceptors (Lipinski definition) is 5. The van der Waals surface area contributed by atoms with Gasteiger partial charge in [-0.1, -0.05) is 5.16 Å². The van der Waals surface area contributed by atoms with E-state index in [2.05, 4.69) is 34.4 Å². The molecule has 0 atom stereocenters. The van der Waals surface area contributed by atoms with E-state index in [1.54, 1.807) is 0 Å². The third kappa shape index (κ3) is 3.40. The number of hydrogen-bond donors (Lipinski definition) is 1. The second-order valence-corrected chi connectivity index (χ2v) is 4.54. The molecule has 2 rings (SSSR count). The van der Waals surface area contributed by atoms with Crippen LogP contribution < -0.4 is 5.32 Å². The molecule has 2 aromatic heterocycles. The van der Waals surface area contributed by atoms with E-state index >= 15 is 0 Å². The number of nitrogens with zero attached hydrogens (tertiary/aromatic N) is 4. The molecule has 0 spiro atoms. The van der Waals surface area contributed by atoms with Crippen molar-refractivity contribution in [3.05, 3.63) is 29.7 Å². The van der Waals surface area contributed by atoms with Gasteiger partial charge >= 0.3 is 0 Å². The third-order valence-corrected chi connectivity index (χ3v) is 2.58. The lowest BCUT2D eigenvalue weighted by atomic mass is 10.4. The lowest BCUT2D eigenvalue weighted by Gasteiger charge is -2.04. The molecule has 0 radical (unpaired) electrons. The topological polar surface area (TPSA) is 68.8 Å². The first-order valence-electron chi connectivity index (χ1n) is 6.19. The Labute approximate surface area is 106 Å². The van der Waals surface area contributed by atoms with Crippen molar-refractivity contribution in [3.63, 3.8) is 0 Å². The Balaban J connectivity index is 1.71. The summed E-state index contributed by atoms with van der Waals surface area (Å²) in [5.74, 6) is 1.35. The maximum Gasteiger partial charge on any atom is 0.227 e. The molecule has 0 aliphatic rings. The van der Waals surface area contributed by atoms with Gasteiger partial charge in [-0.2, -0.15) is 10.1 Å². The molecule has 0 bridgehead atoms. The number of aryl methyl sites for hydroxylation is 1. The summed E-state index contributed by atoms with van der Waals surface area (Å²) in [4.78, 5) is 4.15. The lowest BCUT2D eigenvalue weighted by Crippen LogP contribution is -2.17. The first-order valence-corrected chi connectivity index (χ1v) is 6.19. The monoisotopic (exact) mass is 249 g/mol. The highest BCUT2D eigenvalue weighted by molar-refractivity contribution is 4.99. The molecule has 98 valence electrons. The fourth-order valence-electron chi connectivity index (χ4n) is 1.61. The minimum Gasteiger partial charge on any atom is -0.339 e. The van der Waals surface area contributed by atoms with Crippen molar-refractivity contribution >= 4 is 0 Å². The summed E-state index contributed by atoms with van der Waals surface area (Å²) >= 11 is 0. The van der Waals surface area contributed by atoms with Gasteiger partial charge in [0.05, 0.1) is 5.69 Å². The molecule has 0 aliphatic carbocycles. The number of aromatic nitrogens is 4. The summed E-state index contributed by atoms with van der Waals surface area (Å²) in [6, 6.07) is 2.43. The Bertz CT molecular complexity index is 488. The van der Waals surface area contributed by atoms with E-state index < -0.39 is 0 Å². The van der Waals surface area contributed by atoms with Gasteiger partial charge in [-0.15, -0.1) is 0 Å². The second kappa shape index (κ2) is 5.77. The van der Waals surface area contributed by atoms with Gasteiger partial charge in [0.15, 0.2) is 5.82 Å². The molecule has 0 unspecified atom stereocenters. The van der Waals surface area contributed by atoms with E-state index in [-0.39, 0.29) is 0 Å². The average Bonchev–Trinajstić information content (AvgIpc) is 2.93. The van der Waals surface area contributed by atoms with Crippen LogP contribution in [0.5, 0.6) is 0 Å². The Kier molecular flexibility index (Phi) is 4.09. The summed E-state index contributed by atoms with van der Waals surface area (Å²) in [7, 11) is 0. The highest BCUT2D eigenvalue weighted by atomic mass is 16.5. The zero-order valence-corrected chi connectivity index (χ0v) is 11.1. The van der Waals surface area contributed by atoms with E-state index in [4.69, 9.17) is 4.52 Å². The van der Waals surface area contributed by atoms with E-state index in [0.717, 1.165) is 25.2 Å². The van der Waals surface area contributed by atoms with Crippen LogP contribution in [0.4, 0.5) is 0 Å². The highest BCUT2D eigenvalue weighted by Gasteiger charge is 2.03. The van der Waals surface area contributed by atoms with Crippen LogP contribution >= 0.6 is 0 Å². The third-order valence-electron chi connectivity index (χ3n) is 2.58. The quantitative estimate of drug-likeness (QED) is 0.785. The number of rotatable bonds is 6. The van der Waals surface area contributed by atoms with Gasteiger partial charge < -0.3 is 9.84 Å². The van der Waals surface area contributed by atoms with E-state index in [0.29, 0.717) is 17.8 Å². The molecule has 6 nitrogen and oxygen atoms in total. The molecule has 0 saturated heterocycles. The van der Waals surface area contributed by atoms with Gasteiger partial charge in [0.25, 0.3) is 0 Å². The average molecular weight is 249 g/mol. The van der Waals surface area contributed by atoms with Crippen molar-refractivity contribution < 1.29 is 4.52 Å². The minimum atomic E-state index is 0.403. The van der Waals surface area contributed by atoms with Gasteiger partial charge in [-0.25, -0.2) is 0 Å². The number of nitrogens with one attached hydrogen (secondary N) is 1. The molecule has 0 aromatic carbocycles. The van der Waals surface area contributed by atoms with Crippen LogP contribution in [0.1, 0.15) is 37.3 Å². The normalized spacial score (nSPS) is 11.3. The smallest absolute Gasteiger partial charge is 0.227 e. The molecule has 6 heteroatoms. The van der Waals surface area contributed by atoms with E-state index in [9.17, 15) is 0 Å². The molecular weight excluding hydrogens is 230 g/mol. The molecule has 0 fully saturated rings. The molecule has 0 saturated carbocycles. The van der Waals surface area contributed by atoms with Crippen LogP contribution in [0.3, 0.4) is 0 Å². The predicted molar refractivity (Wildman–Crippen MR) is 67.1 cm³/mol. The first-order chi connectivity index (χ1) is 8.65. The highest BCUT2D eigenvalue weighted by Crippen LogP contribution is 2.03. The summed E-state index contributed by atoms with van der Waals surface area (Å²) < 4.78 is 6.99.